The average Bonchev–Trinajstić information content (AvgIpc) is 2.93. The van der Waals surface area contributed by atoms with Crippen LogP contribution in [0.25, 0.3) is 0 Å². The number of hydrogen-bond acceptors (Lipinski definition) is 5. The van der Waals surface area contributed by atoms with Crippen molar-refractivity contribution in [2.45, 2.75) is 31.8 Å². The van der Waals surface area contributed by atoms with Gasteiger partial charge < -0.3 is 19.7 Å². The summed E-state index contributed by atoms with van der Waals surface area (Å²) in [6, 6.07) is 7.13. The van der Waals surface area contributed by atoms with Crippen LogP contribution in [0.2, 0.25) is 0 Å². The van der Waals surface area contributed by atoms with Gasteiger partial charge in [-0.15, -0.1) is 0 Å². The van der Waals surface area contributed by atoms with E-state index in [9.17, 15) is 14.7 Å². The first-order valence-electron chi connectivity index (χ1n) is 8.21. The normalized spacial score (nSPS) is 25.3. The second-order valence-corrected chi connectivity index (χ2v) is 6.49. The molecule has 3 rings (SSSR count). The molecular formula is C18H22N2O5. The van der Waals surface area contributed by atoms with E-state index in [0.717, 1.165) is 5.56 Å². The van der Waals surface area contributed by atoms with Crippen molar-refractivity contribution >= 4 is 5.97 Å². The zero-order chi connectivity index (χ0) is 18.2. The molecule has 3 unspecified atom stereocenters. The molecule has 1 aromatic carbocycles. The van der Waals surface area contributed by atoms with E-state index in [1.54, 1.807) is 45.2 Å². The molecule has 2 aromatic rings. The molecule has 0 amide bonds. The van der Waals surface area contributed by atoms with Crippen LogP contribution in [0.15, 0.2) is 29.1 Å². The minimum atomic E-state index is -1.35. The molecule has 3 atom stereocenters. The van der Waals surface area contributed by atoms with E-state index >= 15 is 0 Å². The second kappa shape index (κ2) is 6.40. The number of nitrogens with one attached hydrogen (secondary N) is 2. The SMILES string of the molecule is CCOC(=O)C1C(c2ccc(OC)cc2)c2c([nH][nH]c2=O)CC1(C)O. The predicted octanol–water partition coefficient (Wildman–Crippen LogP) is 1.33. The van der Waals surface area contributed by atoms with Gasteiger partial charge in [0.2, 0.25) is 0 Å². The van der Waals surface area contributed by atoms with Crippen molar-refractivity contribution in [3.05, 3.63) is 51.4 Å². The molecule has 0 saturated carbocycles. The third kappa shape index (κ3) is 2.95. The monoisotopic (exact) mass is 346 g/mol. The van der Waals surface area contributed by atoms with Crippen LogP contribution >= 0.6 is 0 Å². The molecular weight excluding hydrogens is 324 g/mol. The number of hydrogen-bond donors (Lipinski definition) is 3. The number of aliphatic hydroxyl groups is 1. The van der Waals surface area contributed by atoms with Gasteiger partial charge in [0.15, 0.2) is 0 Å². The van der Waals surface area contributed by atoms with Gasteiger partial charge in [0.1, 0.15) is 5.75 Å². The maximum Gasteiger partial charge on any atom is 0.312 e. The Kier molecular flexibility index (Phi) is 4.43. The molecule has 0 saturated heterocycles. The Labute approximate surface area is 145 Å². The summed E-state index contributed by atoms with van der Waals surface area (Å²) in [6.07, 6.45) is 0.164. The highest BCUT2D eigenvalue weighted by atomic mass is 16.5. The number of carbonyl (C=O) groups excluding carboxylic acids is 1. The Morgan fingerprint density at radius 3 is 2.60 bits per heavy atom. The molecule has 3 N–H and O–H groups in total. The van der Waals surface area contributed by atoms with Gasteiger partial charge in [-0.1, -0.05) is 12.1 Å². The molecule has 1 aliphatic carbocycles. The van der Waals surface area contributed by atoms with Crippen molar-refractivity contribution in [3.8, 4) is 5.75 Å². The van der Waals surface area contributed by atoms with Crippen molar-refractivity contribution in [2.75, 3.05) is 13.7 Å². The zero-order valence-corrected chi connectivity index (χ0v) is 14.5. The van der Waals surface area contributed by atoms with Crippen LogP contribution in [-0.2, 0) is 16.0 Å². The second-order valence-electron chi connectivity index (χ2n) is 6.49. The first kappa shape index (κ1) is 17.3. The van der Waals surface area contributed by atoms with Crippen LogP contribution in [0.4, 0.5) is 0 Å². The van der Waals surface area contributed by atoms with Gasteiger partial charge in [-0.2, -0.15) is 0 Å². The average molecular weight is 346 g/mol. The van der Waals surface area contributed by atoms with E-state index < -0.39 is 23.4 Å². The smallest absolute Gasteiger partial charge is 0.312 e. The van der Waals surface area contributed by atoms with Crippen molar-refractivity contribution in [2.24, 2.45) is 5.92 Å². The van der Waals surface area contributed by atoms with E-state index in [1.165, 1.54) is 0 Å². The number of aromatic amines is 2. The van der Waals surface area contributed by atoms with Crippen LogP contribution in [0.5, 0.6) is 5.75 Å². The van der Waals surface area contributed by atoms with Gasteiger partial charge in [0.05, 0.1) is 25.2 Å². The Morgan fingerprint density at radius 1 is 1.32 bits per heavy atom. The zero-order valence-electron chi connectivity index (χ0n) is 14.5. The Bertz CT molecular complexity index is 819. The maximum absolute atomic E-state index is 12.6. The summed E-state index contributed by atoms with van der Waals surface area (Å²) < 4.78 is 10.4. The Balaban J connectivity index is 2.17. The molecule has 1 aromatic heterocycles. The summed E-state index contributed by atoms with van der Waals surface area (Å²) in [5.41, 5.74) is 0.173. The molecule has 7 heteroatoms. The third-order valence-corrected chi connectivity index (χ3v) is 4.76. The minimum absolute atomic E-state index is 0.164. The lowest BCUT2D eigenvalue weighted by atomic mass is 9.66. The number of benzene rings is 1. The number of ether oxygens (including phenoxy) is 2. The van der Waals surface area contributed by atoms with Crippen LogP contribution < -0.4 is 10.3 Å². The van der Waals surface area contributed by atoms with E-state index in [1.807, 2.05) is 0 Å². The number of carbonyl (C=O) groups is 1. The van der Waals surface area contributed by atoms with Crippen molar-refractivity contribution in [1.82, 2.24) is 10.2 Å². The maximum atomic E-state index is 12.6. The summed E-state index contributed by atoms with van der Waals surface area (Å²) in [6.45, 7) is 3.52. The van der Waals surface area contributed by atoms with Gasteiger partial charge in [0.25, 0.3) is 5.56 Å². The fourth-order valence-electron chi connectivity index (χ4n) is 3.66. The predicted molar refractivity (Wildman–Crippen MR) is 90.7 cm³/mol. The molecule has 134 valence electrons. The lowest BCUT2D eigenvalue weighted by Crippen LogP contribution is -2.50. The van der Waals surface area contributed by atoms with Gasteiger partial charge >= 0.3 is 5.97 Å². The third-order valence-electron chi connectivity index (χ3n) is 4.76. The summed E-state index contributed by atoms with van der Waals surface area (Å²) in [4.78, 5) is 25.0. The fourth-order valence-corrected chi connectivity index (χ4v) is 3.66. The number of aromatic nitrogens is 2. The summed E-state index contributed by atoms with van der Waals surface area (Å²) in [7, 11) is 1.57. The van der Waals surface area contributed by atoms with Gasteiger partial charge in [-0.05, 0) is 31.5 Å². The molecule has 0 radical (unpaired) electrons. The van der Waals surface area contributed by atoms with Crippen molar-refractivity contribution in [3.63, 3.8) is 0 Å². The summed E-state index contributed by atoms with van der Waals surface area (Å²) >= 11 is 0. The quantitative estimate of drug-likeness (QED) is 0.725. The molecule has 0 fully saturated rings. The first-order chi connectivity index (χ1) is 11.9. The minimum Gasteiger partial charge on any atom is -0.497 e. The van der Waals surface area contributed by atoms with Crippen LogP contribution in [0.3, 0.4) is 0 Å². The molecule has 1 aliphatic rings. The highest BCUT2D eigenvalue weighted by molar-refractivity contribution is 5.77. The summed E-state index contributed by atoms with van der Waals surface area (Å²) in [5, 5.41) is 16.3. The van der Waals surface area contributed by atoms with E-state index in [0.29, 0.717) is 17.0 Å². The van der Waals surface area contributed by atoms with Gasteiger partial charge in [0, 0.05) is 23.6 Å². The highest BCUT2D eigenvalue weighted by Gasteiger charge is 2.51. The first-order valence-corrected chi connectivity index (χ1v) is 8.21. The molecule has 0 aliphatic heterocycles. The Morgan fingerprint density at radius 2 is 2.00 bits per heavy atom. The van der Waals surface area contributed by atoms with E-state index in [4.69, 9.17) is 9.47 Å². The Hall–Kier alpha value is -2.54. The molecule has 0 bridgehead atoms. The molecule has 0 spiro atoms. The van der Waals surface area contributed by atoms with Gasteiger partial charge in [-0.3, -0.25) is 14.7 Å². The molecule has 7 nitrogen and oxygen atoms in total. The number of methoxy groups -OCH3 is 1. The van der Waals surface area contributed by atoms with Crippen LogP contribution in [-0.4, -0.2) is 40.6 Å². The standard InChI is InChI=1S/C18H22N2O5/c1-4-25-17(22)15-13(10-5-7-11(24-3)8-6-10)14-12(9-18(15,2)23)19-20-16(14)21/h5-8,13,15,23H,4,9H2,1-3H3,(H2,19,20,21). The number of esters is 1. The molecule has 25 heavy (non-hydrogen) atoms. The fraction of sp³-hybridized carbons (Fsp3) is 0.444. The van der Waals surface area contributed by atoms with Crippen LogP contribution in [0, 0.1) is 5.92 Å². The van der Waals surface area contributed by atoms with Crippen molar-refractivity contribution < 1.29 is 19.4 Å². The lowest BCUT2D eigenvalue weighted by Gasteiger charge is -2.40. The highest BCUT2D eigenvalue weighted by Crippen LogP contribution is 2.44. The summed E-state index contributed by atoms with van der Waals surface area (Å²) in [5.74, 6) is -1.34. The largest absolute Gasteiger partial charge is 0.497 e. The topological polar surface area (TPSA) is 104 Å². The van der Waals surface area contributed by atoms with E-state index in [2.05, 4.69) is 10.2 Å². The number of rotatable bonds is 4. The lowest BCUT2D eigenvalue weighted by molar-refractivity contribution is -0.159. The van der Waals surface area contributed by atoms with E-state index in [-0.39, 0.29) is 18.6 Å². The number of fused-ring (bicyclic) bond motifs is 1. The molecule has 1 heterocycles. The van der Waals surface area contributed by atoms with Crippen LogP contribution in [0.1, 0.15) is 36.6 Å². The number of H-pyrrole nitrogens is 2. The van der Waals surface area contributed by atoms with Gasteiger partial charge in [-0.25, -0.2) is 0 Å². The van der Waals surface area contributed by atoms with Crippen molar-refractivity contribution in [1.29, 1.82) is 0 Å².